The van der Waals surface area contributed by atoms with Gasteiger partial charge in [0.1, 0.15) is 0 Å². The number of benzene rings is 1. The van der Waals surface area contributed by atoms with Crippen molar-refractivity contribution < 1.29 is 5.11 Å². The summed E-state index contributed by atoms with van der Waals surface area (Å²) in [7, 11) is 2.13. The van der Waals surface area contributed by atoms with Gasteiger partial charge in [0.25, 0.3) is 0 Å². The average molecular weight is 240 g/mol. The zero-order chi connectivity index (χ0) is 11.5. The maximum absolute atomic E-state index is 10.3. The van der Waals surface area contributed by atoms with Crippen LogP contribution in [0.25, 0.3) is 0 Å². The Kier molecular flexibility index (Phi) is 3.85. The summed E-state index contributed by atoms with van der Waals surface area (Å²) < 4.78 is 0. The third-order valence-corrected chi connectivity index (χ3v) is 3.67. The van der Waals surface area contributed by atoms with Crippen molar-refractivity contribution in [2.75, 3.05) is 20.1 Å². The summed E-state index contributed by atoms with van der Waals surface area (Å²) >= 11 is 5.83. The van der Waals surface area contributed by atoms with Crippen LogP contribution < -0.4 is 0 Å². The predicted molar refractivity (Wildman–Crippen MR) is 66.6 cm³/mol. The van der Waals surface area contributed by atoms with E-state index in [2.05, 4.69) is 11.9 Å². The Labute approximate surface area is 102 Å². The van der Waals surface area contributed by atoms with Gasteiger partial charge in [-0.1, -0.05) is 23.7 Å². The third kappa shape index (κ3) is 2.76. The van der Waals surface area contributed by atoms with E-state index in [9.17, 15) is 5.11 Å². The number of halogens is 1. The van der Waals surface area contributed by atoms with Gasteiger partial charge >= 0.3 is 0 Å². The average Bonchev–Trinajstić information content (AvgIpc) is 2.30. The number of piperidine rings is 1. The molecule has 1 atom stereocenters. The summed E-state index contributed by atoms with van der Waals surface area (Å²) in [5.41, 5.74) is 0.985. The fourth-order valence-electron chi connectivity index (χ4n) is 2.28. The number of nitrogens with zero attached hydrogens (tertiary/aromatic N) is 1. The van der Waals surface area contributed by atoms with E-state index in [0.717, 1.165) is 36.5 Å². The first kappa shape index (κ1) is 11.9. The lowest BCUT2D eigenvalue weighted by atomic mass is 9.88. The molecule has 0 spiro atoms. The van der Waals surface area contributed by atoms with Gasteiger partial charge in [-0.05, 0) is 56.6 Å². The smallest absolute Gasteiger partial charge is 0.0819 e. The summed E-state index contributed by atoms with van der Waals surface area (Å²) in [6.07, 6.45) is 1.80. The lowest BCUT2D eigenvalue weighted by Gasteiger charge is -2.32. The second kappa shape index (κ2) is 5.17. The van der Waals surface area contributed by atoms with Gasteiger partial charge in [-0.25, -0.2) is 0 Å². The van der Waals surface area contributed by atoms with Crippen molar-refractivity contribution in [2.45, 2.75) is 18.9 Å². The summed E-state index contributed by atoms with van der Waals surface area (Å²) in [4.78, 5) is 2.31. The molecule has 1 saturated heterocycles. The molecule has 0 aliphatic carbocycles. The van der Waals surface area contributed by atoms with Crippen molar-refractivity contribution in [3.8, 4) is 0 Å². The fourth-order valence-corrected chi connectivity index (χ4v) is 2.40. The lowest BCUT2D eigenvalue weighted by Crippen LogP contribution is -2.32. The first-order valence-corrected chi connectivity index (χ1v) is 6.16. The molecule has 88 valence electrons. The molecule has 1 unspecified atom stereocenters. The predicted octanol–water partition coefficient (Wildman–Crippen LogP) is 2.72. The molecule has 0 radical (unpaired) electrons. The molecule has 2 rings (SSSR count). The van der Waals surface area contributed by atoms with Crippen LogP contribution in [0, 0.1) is 5.92 Å². The standard InChI is InChI=1S/C13H18ClNO/c1-15-8-6-11(7-9-15)13(16)10-2-4-12(14)5-3-10/h2-5,11,13,16H,6-9H2,1H3. The highest BCUT2D eigenvalue weighted by atomic mass is 35.5. The van der Waals surface area contributed by atoms with Gasteiger partial charge in [0.15, 0.2) is 0 Å². The second-order valence-corrected chi connectivity index (χ2v) is 5.07. The van der Waals surface area contributed by atoms with Crippen molar-refractivity contribution in [1.29, 1.82) is 0 Å². The first-order valence-electron chi connectivity index (χ1n) is 5.79. The Balaban J connectivity index is 2.01. The van der Waals surface area contributed by atoms with Crippen molar-refractivity contribution in [3.05, 3.63) is 34.9 Å². The van der Waals surface area contributed by atoms with Crippen molar-refractivity contribution in [2.24, 2.45) is 5.92 Å². The molecular weight excluding hydrogens is 222 g/mol. The third-order valence-electron chi connectivity index (χ3n) is 3.42. The Bertz CT molecular complexity index is 330. The monoisotopic (exact) mass is 239 g/mol. The van der Waals surface area contributed by atoms with E-state index in [-0.39, 0.29) is 6.10 Å². The van der Waals surface area contributed by atoms with E-state index in [0.29, 0.717) is 5.92 Å². The zero-order valence-corrected chi connectivity index (χ0v) is 10.3. The first-order chi connectivity index (χ1) is 7.66. The quantitative estimate of drug-likeness (QED) is 0.858. The maximum Gasteiger partial charge on any atom is 0.0819 e. The molecule has 1 N–H and O–H groups in total. The van der Waals surface area contributed by atoms with E-state index in [4.69, 9.17) is 11.6 Å². The summed E-state index contributed by atoms with van der Waals surface area (Å²) in [5.74, 6) is 0.386. The van der Waals surface area contributed by atoms with E-state index in [1.807, 2.05) is 24.3 Å². The van der Waals surface area contributed by atoms with Crippen molar-refractivity contribution in [1.82, 2.24) is 4.90 Å². The SMILES string of the molecule is CN1CCC(C(O)c2ccc(Cl)cc2)CC1. The largest absolute Gasteiger partial charge is 0.388 e. The Morgan fingerprint density at radius 2 is 1.81 bits per heavy atom. The van der Waals surface area contributed by atoms with Crippen LogP contribution in [0.4, 0.5) is 0 Å². The van der Waals surface area contributed by atoms with Crippen LogP contribution in [0.1, 0.15) is 24.5 Å². The van der Waals surface area contributed by atoms with Gasteiger partial charge in [-0.2, -0.15) is 0 Å². The van der Waals surface area contributed by atoms with Gasteiger partial charge in [0.2, 0.25) is 0 Å². The number of rotatable bonds is 2. The lowest BCUT2D eigenvalue weighted by molar-refractivity contribution is 0.0657. The van der Waals surface area contributed by atoms with Gasteiger partial charge in [0.05, 0.1) is 6.10 Å². The Hall–Kier alpha value is -0.570. The molecular formula is C13H18ClNO. The molecule has 1 aromatic carbocycles. The van der Waals surface area contributed by atoms with Crippen LogP contribution in [-0.4, -0.2) is 30.1 Å². The van der Waals surface area contributed by atoms with Gasteiger partial charge < -0.3 is 10.0 Å². The topological polar surface area (TPSA) is 23.5 Å². The molecule has 2 nitrogen and oxygen atoms in total. The minimum absolute atomic E-state index is 0.342. The number of aliphatic hydroxyl groups excluding tert-OH is 1. The minimum atomic E-state index is -0.342. The van der Waals surface area contributed by atoms with Crippen LogP contribution in [0.3, 0.4) is 0 Å². The molecule has 1 aliphatic heterocycles. The molecule has 0 saturated carbocycles. The van der Waals surface area contributed by atoms with Gasteiger partial charge in [0, 0.05) is 5.02 Å². The minimum Gasteiger partial charge on any atom is -0.388 e. The molecule has 0 bridgehead atoms. The number of aliphatic hydroxyl groups is 1. The van der Waals surface area contributed by atoms with Gasteiger partial charge in [-0.3, -0.25) is 0 Å². The normalized spacial score (nSPS) is 20.9. The molecule has 1 fully saturated rings. The van der Waals surface area contributed by atoms with Crippen LogP contribution in [0.2, 0.25) is 5.02 Å². The molecule has 0 amide bonds. The van der Waals surface area contributed by atoms with E-state index in [1.54, 1.807) is 0 Å². The Morgan fingerprint density at radius 3 is 2.38 bits per heavy atom. The molecule has 1 aliphatic rings. The Morgan fingerprint density at radius 1 is 1.25 bits per heavy atom. The van der Waals surface area contributed by atoms with E-state index < -0.39 is 0 Å². The summed E-state index contributed by atoms with van der Waals surface area (Å²) in [6, 6.07) is 7.53. The van der Waals surface area contributed by atoms with Crippen molar-refractivity contribution in [3.63, 3.8) is 0 Å². The van der Waals surface area contributed by atoms with Gasteiger partial charge in [-0.15, -0.1) is 0 Å². The summed E-state index contributed by atoms with van der Waals surface area (Å²) in [5, 5.41) is 11.0. The highest BCUT2D eigenvalue weighted by molar-refractivity contribution is 6.30. The van der Waals surface area contributed by atoms with E-state index >= 15 is 0 Å². The highest BCUT2D eigenvalue weighted by Crippen LogP contribution is 2.30. The maximum atomic E-state index is 10.3. The number of hydrogen-bond donors (Lipinski definition) is 1. The molecule has 1 heterocycles. The molecule has 3 heteroatoms. The molecule has 1 aromatic rings. The fraction of sp³-hybridized carbons (Fsp3) is 0.538. The molecule has 0 aromatic heterocycles. The number of likely N-dealkylation sites (tertiary alicyclic amines) is 1. The zero-order valence-electron chi connectivity index (χ0n) is 9.56. The van der Waals surface area contributed by atoms with Crippen molar-refractivity contribution >= 4 is 11.6 Å². The summed E-state index contributed by atoms with van der Waals surface area (Å²) in [6.45, 7) is 2.16. The molecule has 16 heavy (non-hydrogen) atoms. The van der Waals surface area contributed by atoms with Crippen LogP contribution in [0.5, 0.6) is 0 Å². The second-order valence-electron chi connectivity index (χ2n) is 4.64. The van der Waals surface area contributed by atoms with Crippen LogP contribution >= 0.6 is 11.6 Å². The highest BCUT2D eigenvalue weighted by Gasteiger charge is 2.24. The van der Waals surface area contributed by atoms with Crippen LogP contribution in [0.15, 0.2) is 24.3 Å². The number of hydrogen-bond acceptors (Lipinski definition) is 2. The van der Waals surface area contributed by atoms with E-state index in [1.165, 1.54) is 0 Å². The van der Waals surface area contributed by atoms with Crippen LogP contribution in [-0.2, 0) is 0 Å².